The minimum Gasteiger partial charge on any atom is -0.467 e. The van der Waals surface area contributed by atoms with E-state index >= 15 is 0 Å². The van der Waals surface area contributed by atoms with E-state index in [1.54, 1.807) is 12.3 Å². The molecule has 132 valence electrons. The number of likely N-dealkylation sites (tertiary alicyclic amines) is 1. The van der Waals surface area contributed by atoms with Crippen molar-refractivity contribution in [2.75, 3.05) is 13.1 Å². The van der Waals surface area contributed by atoms with Gasteiger partial charge in [0, 0.05) is 0 Å². The zero-order valence-electron chi connectivity index (χ0n) is 14.0. The van der Waals surface area contributed by atoms with E-state index in [0.717, 1.165) is 24.9 Å². The number of nitrogens with zero attached hydrogens (tertiary/aromatic N) is 1. The Morgan fingerprint density at radius 3 is 2.80 bits per heavy atom. The summed E-state index contributed by atoms with van der Waals surface area (Å²) in [7, 11) is 0. The Morgan fingerprint density at radius 1 is 1.20 bits per heavy atom. The summed E-state index contributed by atoms with van der Waals surface area (Å²) >= 11 is 0. The average molecular weight is 342 g/mol. The molecule has 0 spiro atoms. The number of esters is 1. The lowest BCUT2D eigenvalue weighted by molar-refractivity contribution is -0.147. The molecular weight excluding hydrogens is 320 g/mol. The maximum atomic E-state index is 12.4. The van der Waals surface area contributed by atoms with Crippen molar-refractivity contribution in [1.29, 1.82) is 0 Å². The zero-order valence-corrected chi connectivity index (χ0v) is 14.0. The van der Waals surface area contributed by atoms with Crippen molar-refractivity contribution < 1.29 is 18.7 Å². The molecule has 2 aromatic rings. The molecule has 1 aromatic heterocycles. The van der Waals surface area contributed by atoms with Gasteiger partial charge in [0.25, 0.3) is 0 Å². The van der Waals surface area contributed by atoms with Crippen LogP contribution in [0.4, 0.5) is 0 Å². The van der Waals surface area contributed by atoms with Crippen molar-refractivity contribution in [3.63, 3.8) is 0 Å². The van der Waals surface area contributed by atoms with Gasteiger partial charge in [-0.1, -0.05) is 30.3 Å². The number of rotatable bonds is 7. The third-order valence-corrected chi connectivity index (χ3v) is 4.26. The third kappa shape index (κ3) is 4.93. The second kappa shape index (κ2) is 8.48. The molecule has 1 amide bonds. The van der Waals surface area contributed by atoms with E-state index in [-0.39, 0.29) is 31.1 Å². The minimum atomic E-state index is -0.311. The molecule has 0 saturated carbocycles. The molecule has 0 radical (unpaired) electrons. The molecule has 6 heteroatoms. The Bertz CT molecular complexity index is 685. The van der Waals surface area contributed by atoms with Gasteiger partial charge in [0.1, 0.15) is 12.4 Å². The van der Waals surface area contributed by atoms with Gasteiger partial charge in [-0.05, 0) is 37.1 Å². The molecule has 3 rings (SSSR count). The molecule has 1 aliphatic rings. The molecular formula is C19H22N2O4. The topological polar surface area (TPSA) is 71.8 Å². The third-order valence-electron chi connectivity index (χ3n) is 4.26. The van der Waals surface area contributed by atoms with E-state index in [1.807, 2.05) is 41.3 Å². The number of carbonyl (C=O) groups excluding carboxylic acids is 2. The van der Waals surface area contributed by atoms with E-state index in [2.05, 4.69) is 5.32 Å². The number of furan rings is 1. The fourth-order valence-corrected chi connectivity index (χ4v) is 2.97. The first-order valence-corrected chi connectivity index (χ1v) is 8.46. The molecule has 6 nitrogen and oxygen atoms in total. The Kier molecular flexibility index (Phi) is 5.85. The average Bonchev–Trinajstić information content (AvgIpc) is 3.30. The van der Waals surface area contributed by atoms with Crippen LogP contribution in [0.2, 0.25) is 0 Å². The quantitative estimate of drug-likeness (QED) is 0.780. The number of carbonyl (C=O) groups is 2. The fraction of sp³-hybridized carbons (Fsp3) is 0.368. The van der Waals surface area contributed by atoms with Gasteiger partial charge in [-0.15, -0.1) is 0 Å². The first-order valence-electron chi connectivity index (χ1n) is 8.46. The second-order valence-electron chi connectivity index (χ2n) is 6.07. The van der Waals surface area contributed by atoms with Crippen molar-refractivity contribution in [1.82, 2.24) is 10.2 Å². The van der Waals surface area contributed by atoms with Crippen LogP contribution < -0.4 is 5.32 Å². The summed E-state index contributed by atoms with van der Waals surface area (Å²) in [6.45, 7) is 1.46. The Balaban J connectivity index is 1.45. The van der Waals surface area contributed by atoms with Gasteiger partial charge in [-0.3, -0.25) is 14.5 Å². The molecule has 1 aliphatic heterocycles. The summed E-state index contributed by atoms with van der Waals surface area (Å²) in [6, 6.07) is 12.9. The van der Waals surface area contributed by atoms with E-state index in [1.165, 1.54) is 0 Å². The largest absolute Gasteiger partial charge is 0.467 e. The number of amides is 1. The molecule has 1 N–H and O–H groups in total. The first kappa shape index (κ1) is 17.2. The lowest BCUT2D eigenvalue weighted by atomic mass is 10.2. The van der Waals surface area contributed by atoms with Crippen molar-refractivity contribution in [3.8, 4) is 0 Å². The monoisotopic (exact) mass is 342 g/mol. The molecule has 0 bridgehead atoms. The normalized spacial score (nSPS) is 17.4. The lowest BCUT2D eigenvalue weighted by Gasteiger charge is -2.22. The van der Waals surface area contributed by atoms with Crippen LogP contribution in [0, 0.1) is 0 Å². The van der Waals surface area contributed by atoms with Crippen LogP contribution in [0.3, 0.4) is 0 Å². The molecule has 1 saturated heterocycles. The van der Waals surface area contributed by atoms with Crippen LogP contribution in [-0.2, 0) is 27.5 Å². The zero-order chi connectivity index (χ0) is 17.5. The summed E-state index contributed by atoms with van der Waals surface area (Å²) in [5, 5.41) is 2.86. The number of hydrogen-bond donors (Lipinski definition) is 1. The maximum absolute atomic E-state index is 12.4. The molecule has 2 heterocycles. The van der Waals surface area contributed by atoms with Gasteiger partial charge in [0.2, 0.25) is 5.91 Å². The number of ether oxygens (including phenoxy) is 1. The SMILES string of the molecule is O=C(CN1CCCC1C(=O)NCc1ccco1)OCc1ccccc1. The summed E-state index contributed by atoms with van der Waals surface area (Å²) in [4.78, 5) is 26.3. The second-order valence-corrected chi connectivity index (χ2v) is 6.07. The van der Waals surface area contributed by atoms with E-state index in [4.69, 9.17) is 9.15 Å². The number of nitrogens with one attached hydrogen (secondary N) is 1. The predicted molar refractivity (Wildman–Crippen MR) is 91.4 cm³/mol. The Hall–Kier alpha value is -2.60. The van der Waals surface area contributed by atoms with Crippen LogP contribution in [-0.4, -0.2) is 35.9 Å². The Morgan fingerprint density at radius 2 is 2.04 bits per heavy atom. The Labute approximate surface area is 146 Å². The minimum absolute atomic E-state index is 0.0789. The van der Waals surface area contributed by atoms with Gasteiger partial charge in [-0.2, -0.15) is 0 Å². The highest BCUT2D eigenvalue weighted by molar-refractivity contribution is 5.83. The molecule has 25 heavy (non-hydrogen) atoms. The van der Waals surface area contributed by atoms with E-state index in [0.29, 0.717) is 12.3 Å². The van der Waals surface area contributed by atoms with E-state index < -0.39 is 0 Å². The van der Waals surface area contributed by atoms with Crippen LogP contribution in [0.25, 0.3) is 0 Å². The molecule has 1 atom stereocenters. The van der Waals surface area contributed by atoms with Crippen molar-refractivity contribution in [2.24, 2.45) is 0 Å². The lowest BCUT2D eigenvalue weighted by Crippen LogP contribution is -2.45. The van der Waals surface area contributed by atoms with Crippen molar-refractivity contribution >= 4 is 11.9 Å². The van der Waals surface area contributed by atoms with E-state index in [9.17, 15) is 9.59 Å². The van der Waals surface area contributed by atoms with Gasteiger partial charge in [-0.25, -0.2) is 0 Å². The summed E-state index contributed by atoms with van der Waals surface area (Å²) in [6.07, 6.45) is 3.22. The molecule has 1 unspecified atom stereocenters. The number of benzene rings is 1. The van der Waals surface area contributed by atoms with Gasteiger partial charge < -0.3 is 14.5 Å². The van der Waals surface area contributed by atoms with Gasteiger partial charge in [0.15, 0.2) is 0 Å². The predicted octanol–water partition coefficient (Wildman–Crippen LogP) is 2.10. The summed E-state index contributed by atoms with van der Waals surface area (Å²) < 4.78 is 10.5. The first-order chi connectivity index (χ1) is 12.2. The van der Waals surface area contributed by atoms with Crippen molar-refractivity contribution in [3.05, 3.63) is 60.1 Å². The summed E-state index contributed by atoms with van der Waals surface area (Å²) in [5.41, 5.74) is 0.949. The highest BCUT2D eigenvalue weighted by Crippen LogP contribution is 2.17. The highest BCUT2D eigenvalue weighted by atomic mass is 16.5. The van der Waals surface area contributed by atoms with Crippen LogP contribution in [0.5, 0.6) is 0 Å². The fourth-order valence-electron chi connectivity index (χ4n) is 2.97. The summed E-state index contributed by atoms with van der Waals surface area (Å²) in [5.74, 6) is 0.319. The van der Waals surface area contributed by atoms with Gasteiger partial charge in [0.05, 0.1) is 25.4 Å². The number of hydrogen-bond acceptors (Lipinski definition) is 5. The molecule has 0 aliphatic carbocycles. The maximum Gasteiger partial charge on any atom is 0.320 e. The highest BCUT2D eigenvalue weighted by Gasteiger charge is 2.32. The molecule has 1 fully saturated rings. The molecule has 1 aromatic carbocycles. The van der Waals surface area contributed by atoms with Gasteiger partial charge >= 0.3 is 5.97 Å². The van der Waals surface area contributed by atoms with Crippen molar-refractivity contribution in [2.45, 2.75) is 32.0 Å². The van der Waals surface area contributed by atoms with Crippen LogP contribution in [0.15, 0.2) is 53.1 Å². The van der Waals surface area contributed by atoms with Crippen LogP contribution >= 0.6 is 0 Å². The standard InChI is InChI=1S/C19H22N2O4/c22-18(25-14-15-6-2-1-3-7-15)13-21-10-4-9-17(21)19(23)20-12-16-8-5-11-24-16/h1-3,5-8,11,17H,4,9-10,12-14H2,(H,20,23). The smallest absolute Gasteiger partial charge is 0.320 e. The van der Waals surface area contributed by atoms with Crippen LogP contribution in [0.1, 0.15) is 24.2 Å².